The molecule has 0 aromatic heterocycles. The molecule has 1 aromatic carbocycles. The van der Waals surface area contributed by atoms with Gasteiger partial charge in [0.05, 0.1) is 17.4 Å². The van der Waals surface area contributed by atoms with Gasteiger partial charge in [0.2, 0.25) is 17.7 Å². The van der Waals surface area contributed by atoms with Gasteiger partial charge in [-0.05, 0) is 29.9 Å². The van der Waals surface area contributed by atoms with Crippen molar-refractivity contribution in [2.75, 3.05) is 13.1 Å². The van der Waals surface area contributed by atoms with Gasteiger partial charge in [0.25, 0.3) is 0 Å². The summed E-state index contributed by atoms with van der Waals surface area (Å²) in [5, 5.41) is 2.67. The lowest BCUT2D eigenvalue weighted by Gasteiger charge is -2.27. The van der Waals surface area contributed by atoms with Crippen molar-refractivity contribution in [3.8, 4) is 0 Å². The maximum atomic E-state index is 13.0. The number of fused-ring (bicyclic) bond motifs is 5. The average Bonchev–Trinajstić information content (AvgIpc) is 3.36. The molecule has 2 fully saturated rings. The molecule has 3 aliphatic rings. The zero-order chi connectivity index (χ0) is 21.8. The Kier molecular flexibility index (Phi) is 4.78. The van der Waals surface area contributed by atoms with Gasteiger partial charge in [0.15, 0.2) is 0 Å². The average molecular weight is 420 g/mol. The summed E-state index contributed by atoms with van der Waals surface area (Å²) >= 11 is 0. The number of hydrogen-bond acceptors (Lipinski definition) is 3. The fourth-order valence-electron chi connectivity index (χ4n) is 4.86. The number of alkyl halides is 3. The maximum absolute atomic E-state index is 13.0. The summed E-state index contributed by atoms with van der Waals surface area (Å²) in [5.41, 5.74) is -1.08. The molecule has 4 atom stereocenters. The summed E-state index contributed by atoms with van der Waals surface area (Å²) in [6, 6.07) is 4.99. The largest absolute Gasteiger partial charge is 0.416 e. The van der Waals surface area contributed by atoms with Crippen molar-refractivity contribution >= 4 is 17.7 Å². The van der Waals surface area contributed by atoms with Gasteiger partial charge in [-0.15, -0.1) is 0 Å². The van der Waals surface area contributed by atoms with E-state index in [2.05, 4.69) is 5.32 Å². The van der Waals surface area contributed by atoms with E-state index in [1.807, 2.05) is 12.2 Å². The molecule has 3 amide bonds. The van der Waals surface area contributed by atoms with Crippen LogP contribution in [0.3, 0.4) is 0 Å². The van der Waals surface area contributed by atoms with Crippen molar-refractivity contribution in [3.05, 3.63) is 47.5 Å². The molecule has 4 unspecified atom stereocenters. The summed E-state index contributed by atoms with van der Waals surface area (Å²) in [6.07, 6.45) is 0.340. The Morgan fingerprint density at radius 2 is 1.63 bits per heavy atom. The van der Waals surface area contributed by atoms with E-state index in [1.165, 1.54) is 6.07 Å². The number of hydrogen-bond donors (Lipinski definition) is 1. The molecule has 8 heteroatoms. The normalized spacial score (nSPS) is 27.7. The lowest BCUT2D eigenvalue weighted by Crippen LogP contribution is -2.45. The smallest absolute Gasteiger partial charge is 0.354 e. The van der Waals surface area contributed by atoms with Crippen LogP contribution in [0, 0.1) is 23.7 Å². The van der Waals surface area contributed by atoms with Gasteiger partial charge in [0, 0.05) is 12.0 Å². The minimum Gasteiger partial charge on any atom is -0.354 e. The quantitative estimate of drug-likeness (QED) is 0.589. The highest BCUT2D eigenvalue weighted by Gasteiger charge is 2.59. The van der Waals surface area contributed by atoms with Gasteiger partial charge in [-0.1, -0.05) is 44.2 Å². The molecule has 0 radical (unpaired) electrons. The van der Waals surface area contributed by atoms with Crippen LogP contribution in [0.2, 0.25) is 0 Å². The Labute approximate surface area is 172 Å². The number of halogens is 3. The second kappa shape index (κ2) is 6.96. The van der Waals surface area contributed by atoms with Gasteiger partial charge in [0.1, 0.15) is 6.54 Å². The number of carbonyl (C=O) groups is 3. The number of benzene rings is 1. The molecule has 1 aliphatic heterocycles. The molecule has 4 rings (SSSR count). The Bertz CT molecular complexity index is 908. The fourth-order valence-corrected chi connectivity index (χ4v) is 4.86. The first kappa shape index (κ1) is 20.6. The highest BCUT2D eigenvalue weighted by molar-refractivity contribution is 6.08. The summed E-state index contributed by atoms with van der Waals surface area (Å²) in [7, 11) is 0. The van der Waals surface area contributed by atoms with Crippen LogP contribution in [0.15, 0.2) is 36.4 Å². The number of carbonyl (C=O) groups excluding carboxylic acids is 3. The highest BCUT2D eigenvalue weighted by atomic mass is 19.4. The highest BCUT2D eigenvalue weighted by Crippen LogP contribution is 2.52. The van der Waals surface area contributed by atoms with E-state index in [4.69, 9.17) is 0 Å². The molecular weight excluding hydrogens is 397 g/mol. The molecule has 1 heterocycles. The Hall–Kier alpha value is -2.64. The van der Waals surface area contributed by atoms with Crippen LogP contribution in [0.4, 0.5) is 13.2 Å². The zero-order valence-corrected chi connectivity index (χ0v) is 16.7. The van der Waals surface area contributed by atoms with Crippen molar-refractivity contribution in [3.63, 3.8) is 0 Å². The fraction of sp³-hybridized carbons (Fsp3) is 0.500. The van der Waals surface area contributed by atoms with Crippen molar-refractivity contribution in [2.24, 2.45) is 23.7 Å². The molecule has 160 valence electrons. The molecule has 2 bridgehead atoms. The van der Waals surface area contributed by atoms with Crippen LogP contribution in [0.1, 0.15) is 31.4 Å². The minimum atomic E-state index is -4.45. The van der Waals surface area contributed by atoms with Crippen molar-refractivity contribution in [1.82, 2.24) is 10.2 Å². The number of imide groups is 1. The second-order valence-corrected chi connectivity index (χ2v) is 9.00. The Morgan fingerprint density at radius 3 is 2.20 bits per heavy atom. The molecular formula is C22H23F3N2O3. The van der Waals surface area contributed by atoms with Gasteiger partial charge >= 0.3 is 6.18 Å². The van der Waals surface area contributed by atoms with Crippen molar-refractivity contribution < 1.29 is 27.6 Å². The SMILES string of the molecule is CC(C)(CNC(=O)CN1C(=O)C2C3C=CC(C3)C2C1=O)c1cccc(C(F)(F)F)c1. The molecule has 1 saturated heterocycles. The first-order chi connectivity index (χ1) is 14.0. The minimum absolute atomic E-state index is 0.0724. The third-order valence-corrected chi connectivity index (χ3v) is 6.56. The number of allylic oxidation sites excluding steroid dienone is 2. The Balaban J connectivity index is 1.38. The van der Waals surface area contributed by atoms with Gasteiger partial charge in [-0.2, -0.15) is 13.2 Å². The summed E-state index contributed by atoms with van der Waals surface area (Å²) in [4.78, 5) is 38.8. The molecule has 1 saturated carbocycles. The van der Waals surface area contributed by atoms with E-state index in [1.54, 1.807) is 19.9 Å². The molecule has 30 heavy (non-hydrogen) atoms. The third-order valence-electron chi connectivity index (χ3n) is 6.56. The van der Waals surface area contributed by atoms with Crippen molar-refractivity contribution in [2.45, 2.75) is 31.9 Å². The van der Waals surface area contributed by atoms with E-state index >= 15 is 0 Å². The van der Waals surface area contributed by atoms with E-state index in [0.29, 0.717) is 5.56 Å². The second-order valence-electron chi connectivity index (χ2n) is 9.00. The zero-order valence-electron chi connectivity index (χ0n) is 16.7. The predicted molar refractivity (Wildman–Crippen MR) is 102 cm³/mol. The monoisotopic (exact) mass is 420 g/mol. The molecule has 2 aliphatic carbocycles. The van der Waals surface area contributed by atoms with Crippen LogP contribution >= 0.6 is 0 Å². The first-order valence-electron chi connectivity index (χ1n) is 9.97. The van der Waals surface area contributed by atoms with Gasteiger partial charge in [-0.25, -0.2) is 0 Å². The standard InChI is InChI=1S/C22H23F3N2O3/c1-21(2,14-4-3-5-15(9-14)22(23,24)25)11-26-16(28)10-27-19(29)17-12-6-7-13(8-12)18(17)20(27)30/h3-7,9,12-13,17-18H,8,10-11H2,1-2H3,(H,26,28). The van der Waals surface area contributed by atoms with E-state index in [0.717, 1.165) is 23.5 Å². The number of amides is 3. The van der Waals surface area contributed by atoms with Gasteiger partial charge in [-0.3, -0.25) is 19.3 Å². The third kappa shape index (κ3) is 3.42. The van der Waals surface area contributed by atoms with Crippen molar-refractivity contribution in [1.29, 1.82) is 0 Å². The summed E-state index contributed by atoms with van der Waals surface area (Å²) in [6.45, 7) is 3.16. The summed E-state index contributed by atoms with van der Waals surface area (Å²) < 4.78 is 39.0. The van der Waals surface area contributed by atoms with Crippen LogP contribution in [0.25, 0.3) is 0 Å². The van der Waals surface area contributed by atoms with Crippen LogP contribution < -0.4 is 5.32 Å². The van der Waals surface area contributed by atoms with Crippen LogP contribution in [-0.2, 0) is 26.0 Å². The number of nitrogens with one attached hydrogen (secondary N) is 1. The van der Waals surface area contributed by atoms with E-state index in [-0.39, 0.29) is 48.6 Å². The molecule has 1 aromatic rings. The van der Waals surface area contributed by atoms with Crippen LogP contribution in [-0.4, -0.2) is 35.7 Å². The Morgan fingerprint density at radius 1 is 1.07 bits per heavy atom. The number of nitrogens with zero attached hydrogens (tertiary/aromatic N) is 1. The molecule has 1 N–H and O–H groups in total. The maximum Gasteiger partial charge on any atom is 0.416 e. The van der Waals surface area contributed by atoms with Crippen LogP contribution in [0.5, 0.6) is 0 Å². The predicted octanol–water partition coefficient (Wildman–Crippen LogP) is 2.91. The van der Waals surface area contributed by atoms with E-state index in [9.17, 15) is 27.6 Å². The van der Waals surface area contributed by atoms with E-state index < -0.39 is 23.1 Å². The number of likely N-dealkylation sites (tertiary alicyclic amines) is 1. The number of rotatable bonds is 5. The molecule has 5 nitrogen and oxygen atoms in total. The van der Waals surface area contributed by atoms with Gasteiger partial charge < -0.3 is 5.32 Å². The first-order valence-corrected chi connectivity index (χ1v) is 9.97. The lowest BCUT2D eigenvalue weighted by atomic mass is 9.83. The molecule has 0 spiro atoms. The lowest BCUT2D eigenvalue weighted by molar-refractivity contribution is -0.144. The topological polar surface area (TPSA) is 66.5 Å². The summed E-state index contributed by atoms with van der Waals surface area (Å²) in [5.74, 6) is -1.67.